The Balaban J connectivity index is 2.14. The average molecular weight is 292 g/mol. The summed E-state index contributed by atoms with van der Waals surface area (Å²) < 4.78 is 9.91. The van der Waals surface area contributed by atoms with Crippen LogP contribution in [-0.4, -0.2) is 25.2 Å². The van der Waals surface area contributed by atoms with E-state index in [0.717, 1.165) is 15.6 Å². The third kappa shape index (κ3) is 3.27. The molecular weight excluding hydrogens is 276 g/mol. The van der Waals surface area contributed by atoms with Gasteiger partial charge in [-0.15, -0.1) is 11.3 Å². The van der Waals surface area contributed by atoms with E-state index in [1.165, 1.54) is 14.2 Å². The van der Waals surface area contributed by atoms with Crippen molar-refractivity contribution in [3.8, 4) is 5.75 Å². The van der Waals surface area contributed by atoms with E-state index in [4.69, 9.17) is 9.47 Å². The zero-order valence-corrected chi connectivity index (χ0v) is 12.4. The number of aryl methyl sites for hydroxylation is 1. The summed E-state index contributed by atoms with van der Waals surface area (Å²) >= 11 is 1.59. The van der Waals surface area contributed by atoms with Crippen molar-refractivity contribution in [3.05, 3.63) is 40.4 Å². The highest BCUT2D eigenvalue weighted by Crippen LogP contribution is 2.22. The zero-order chi connectivity index (χ0) is 14.5. The van der Waals surface area contributed by atoms with Gasteiger partial charge in [0.15, 0.2) is 5.13 Å². The van der Waals surface area contributed by atoms with Gasteiger partial charge in [0.1, 0.15) is 11.3 Å². The molecule has 6 heteroatoms. The predicted molar refractivity (Wildman–Crippen MR) is 78.5 cm³/mol. The van der Waals surface area contributed by atoms with Gasteiger partial charge in [-0.1, -0.05) is 6.07 Å². The van der Waals surface area contributed by atoms with Crippen LogP contribution in [0.5, 0.6) is 5.75 Å². The van der Waals surface area contributed by atoms with Crippen LogP contribution in [0.1, 0.15) is 20.8 Å². The highest BCUT2D eigenvalue weighted by Gasteiger charge is 2.13. The van der Waals surface area contributed by atoms with E-state index in [2.05, 4.69) is 10.3 Å². The van der Waals surface area contributed by atoms with E-state index >= 15 is 0 Å². The van der Waals surface area contributed by atoms with Crippen molar-refractivity contribution in [1.82, 2.24) is 4.98 Å². The fourth-order valence-electron chi connectivity index (χ4n) is 1.75. The number of nitrogens with zero attached hydrogens (tertiary/aromatic N) is 1. The molecule has 5 nitrogen and oxygen atoms in total. The van der Waals surface area contributed by atoms with E-state index in [1.807, 2.05) is 19.2 Å². The second-order valence-corrected chi connectivity index (χ2v) is 5.39. The molecule has 0 radical (unpaired) electrons. The van der Waals surface area contributed by atoms with E-state index in [0.29, 0.717) is 17.9 Å². The van der Waals surface area contributed by atoms with Gasteiger partial charge < -0.3 is 14.8 Å². The minimum atomic E-state index is -0.409. The molecule has 0 aliphatic heterocycles. The van der Waals surface area contributed by atoms with Gasteiger partial charge >= 0.3 is 5.97 Å². The molecule has 0 aliphatic carbocycles. The van der Waals surface area contributed by atoms with Gasteiger partial charge in [0.05, 0.1) is 14.2 Å². The number of aromatic nitrogens is 1. The molecule has 1 N–H and O–H groups in total. The lowest BCUT2D eigenvalue weighted by Crippen LogP contribution is -2.06. The average Bonchev–Trinajstić information content (AvgIpc) is 2.89. The monoisotopic (exact) mass is 292 g/mol. The molecule has 2 rings (SSSR count). The Morgan fingerprint density at radius 3 is 2.80 bits per heavy atom. The molecule has 1 heterocycles. The Labute approximate surface area is 121 Å². The Kier molecular flexibility index (Phi) is 4.57. The summed E-state index contributed by atoms with van der Waals surface area (Å²) in [6.07, 6.45) is 1.82. The largest absolute Gasteiger partial charge is 0.496 e. The van der Waals surface area contributed by atoms with Crippen LogP contribution in [0.15, 0.2) is 24.4 Å². The van der Waals surface area contributed by atoms with Crippen LogP contribution in [0, 0.1) is 6.92 Å². The van der Waals surface area contributed by atoms with Gasteiger partial charge in [-0.3, -0.25) is 0 Å². The molecule has 0 fully saturated rings. The summed E-state index contributed by atoms with van der Waals surface area (Å²) in [7, 11) is 2.88. The van der Waals surface area contributed by atoms with Gasteiger partial charge in [0.25, 0.3) is 0 Å². The van der Waals surface area contributed by atoms with Crippen LogP contribution in [0.3, 0.4) is 0 Å². The van der Waals surface area contributed by atoms with Gasteiger partial charge in [0.2, 0.25) is 0 Å². The highest BCUT2D eigenvalue weighted by atomic mass is 32.1. The molecule has 0 saturated heterocycles. The standard InChI is InChI=1S/C14H16N2O3S/c1-9-7-15-14(20-9)16-8-10-4-5-12(18-2)11(6-10)13(17)19-3/h4-7H,8H2,1-3H3,(H,15,16). The molecule has 0 aliphatic rings. The molecule has 20 heavy (non-hydrogen) atoms. The van der Waals surface area contributed by atoms with Gasteiger partial charge in [-0.05, 0) is 24.6 Å². The number of hydrogen-bond donors (Lipinski definition) is 1. The molecule has 0 spiro atoms. The molecule has 0 amide bonds. The predicted octanol–water partition coefficient (Wildman–Crippen LogP) is 2.86. The van der Waals surface area contributed by atoms with Crippen molar-refractivity contribution in [2.24, 2.45) is 0 Å². The fourth-order valence-corrected chi connectivity index (χ4v) is 2.41. The number of methoxy groups -OCH3 is 2. The van der Waals surface area contributed by atoms with Crippen molar-refractivity contribution in [3.63, 3.8) is 0 Å². The fraction of sp³-hybridized carbons (Fsp3) is 0.286. The summed E-state index contributed by atoms with van der Waals surface area (Å²) in [5, 5.41) is 4.08. The smallest absolute Gasteiger partial charge is 0.341 e. The third-order valence-corrected chi connectivity index (χ3v) is 3.60. The molecular formula is C14H16N2O3S. The molecule has 0 unspecified atom stereocenters. The van der Waals surface area contributed by atoms with Crippen LogP contribution >= 0.6 is 11.3 Å². The maximum absolute atomic E-state index is 11.7. The first-order chi connectivity index (χ1) is 9.63. The lowest BCUT2D eigenvalue weighted by Gasteiger charge is -2.09. The number of benzene rings is 1. The maximum atomic E-state index is 11.7. The summed E-state index contributed by atoms with van der Waals surface area (Å²) in [5.74, 6) is 0.0967. The number of ether oxygens (including phenoxy) is 2. The van der Waals surface area contributed by atoms with Crippen molar-refractivity contribution >= 4 is 22.4 Å². The van der Waals surface area contributed by atoms with Crippen LogP contribution in [0.2, 0.25) is 0 Å². The summed E-state index contributed by atoms with van der Waals surface area (Å²) in [6, 6.07) is 5.42. The van der Waals surface area contributed by atoms with E-state index in [-0.39, 0.29) is 0 Å². The Morgan fingerprint density at radius 1 is 1.40 bits per heavy atom. The van der Waals surface area contributed by atoms with E-state index < -0.39 is 5.97 Å². The number of hydrogen-bond acceptors (Lipinski definition) is 6. The molecule has 0 bridgehead atoms. The second kappa shape index (κ2) is 6.38. The molecule has 106 valence electrons. The minimum absolute atomic E-state index is 0.409. The lowest BCUT2D eigenvalue weighted by molar-refractivity contribution is 0.0597. The number of nitrogens with one attached hydrogen (secondary N) is 1. The second-order valence-electron chi connectivity index (χ2n) is 4.16. The van der Waals surface area contributed by atoms with Crippen molar-refractivity contribution in [2.75, 3.05) is 19.5 Å². The SMILES string of the molecule is COC(=O)c1cc(CNc2ncc(C)s2)ccc1OC. The normalized spacial score (nSPS) is 10.2. The zero-order valence-electron chi connectivity index (χ0n) is 11.6. The first kappa shape index (κ1) is 14.3. The summed E-state index contributed by atoms with van der Waals surface area (Å²) in [5.41, 5.74) is 1.38. The van der Waals surface area contributed by atoms with Crippen molar-refractivity contribution < 1.29 is 14.3 Å². The number of esters is 1. The summed E-state index contributed by atoms with van der Waals surface area (Å²) in [4.78, 5) is 17.1. The number of carbonyl (C=O) groups excluding carboxylic acids is 1. The van der Waals surface area contributed by atoms with Crippen LogP contribution in [0.25, 0.3) is 0 Å². The molecule has 0 atom stereocenters. The maximum Gasteiger partial charge on any atom is 0.341 e. The molecule has 0 saturated carbocycles. The quantitative estimate of drug-likeness (QED) is 0.859. The Hall–Kier alpha value is -2.08. The van der Waals surface area contributed by atoms with Gasteiger partial charge in [-0.2, -0.15) is 0 Å². The molecule has 2 aromatic rings. The Morgan fingerprint density at radius 2 is 2.20 bits per heavy atom. The number of anilines is 1. The highest BCUT2D eigenvalue weighted by molar-refractivity contribution is 7.15. The third-order valence-electron chi connectivity index (χ3n) is 2.73. The summed E-state index contributed by atoms with van der Waals surface area (Å²) in [6.45, 7) is 2.59. The Bertz CT molecular complexity index is 610. The van der Waals surface area contributed by atoms with Crippen molar-refractivity contribution in [1.29, 1.82) is 0 Å². The molecule has 1 aromatic carbocycles. The van der Waals surface area contributed by atoms with Gasteiger partial charge in [-0.25, -0.2) is 9.78 Å². The topological polar surface area (TPSA) is 60.5 Å². The van der Waals surface area contributed by atoms with Crippen LogP contribution in [-0.2, 0) is 11.3 Å². The molecule has 1 aromatic heterocycles. The first-order valence-electron chi connectivity index (χ1n) is 6.05. The number of rotatable bonds is 5. The lowest BCUT2D eigenvalue weighted by atomic mass is 10.1. The number of thiazole rings is 1. The minimum Gasteiger partial charge on any atom is -0.496 e. The number of carbonyl (C=O) groups is 1. The van der Waals surface area contributed by atoms with Crippen LogP contribution in [0.4, 0.5) is 5.13 Å². The van der Waals surface area contributed by atoms with E-state index in [9.17, 15) is 4.79 Å². The van der Waals surface area contributed by atoms with E-state index in [1.54, 1.807) is 23.5 Å². The van der Waals surface area contributed by atoms with Crippen molar-refractivity contribution in [2.45, 2.75) is 13.5 Å². The van der Waals surface area contributed by atoms with Crippen LogP contribution < -0.4 is 10.1 Å². The van der Waals surface area contributed by atoms with Gasteiger partial charge in [0, 0.05) is 17.6 Å². The first-order valence-corrected chi connectivity index (χ1v) is 6.87.